The van der Waals surface area contributed by atoms with E-state index >= 15 is 0 Å². The highest BCUT2D eigenvalue weighted by Gasteiger charge is 2.19. The first-order valence-corrected chi connectivity index (χ1v) is 4.90. The Bertz CT molecular complexity index is 450. The van der Waals surface area contributed by atoms with Gasteiger partial charge in [0.1, 0.15) is 0 Å². The zero-order valence-corrected chi connectivity index (χ0v) is 10.2. The van der Waals surface area contributed by atoms with Crippen LogP contribution in [0.4, 0.5) is 0 Å². The lowest BCUT2D eigenvalue weighted by Crippen LogP contribution is -2.09. The van der Waals surface area contributed by atoms with Gasteiger partial charge in [-0.2, -0.15) is 0 Å². The standard InChI is InChI=1S/C12H14O5/c1-7(13)8-5-10(15-2)11(16-3)6-9(8)12(14)17-4/h5-6H,1-4H3. The lowest BCUT2D eigenvalue weighted by atomic mass is 10.0. The van der Waals surface area contributed by atoms with Crippen LogP contribution in [-0.2, 0) is 4.74 Å². The number of carbonyl (C=O) groups excluding carboxylic acids is 2. The maximum absolute atomic E-state index is 11.5. The number of methoxy groups -OCH3 is 3. The molecule has 92 valence electrons. The molecule has 0 saturated carbocycles. The Hall–Kier alpha value is -2.04. The van der Waals surface area contributed by atoms with Gasteiger partial charge in [0, 0.05) is 5.56 Å². The third-order valence-corrected chi connectivity index (χ3v) is 2.31. The number of ether oxygens (including phenoxy) is 3. The van der Waals surface area contributed by atoms with Gasteiger partial charge in [0.25, 0.3) is 0 Å². The minimum atomic E-state index is -0.587. The van der Waals surface area contributed by atoms with Crippen molar-refractivity contribution in [2.24, 2.45) is 0 Å². The SMILES string of the molecule is COC(=O)c1cc(OC)c(OC)cc1C(C)=O. The van der Waals surface area contributed by atoms with E-state index in [2.05, 4.69) is 4.74 Å². The van der Waals surface area contributed by atoms with Crippen molar-refractivity contribution < 1.29 is 23.8 Å². The quantitative estimate of drug-likeness (QED) is 0.590. The second kappa shape index (κ2) is 5.34. The number of benzene rings is 1. The number of carbonyl (C=O) groups is 2. The van der Waals surface area contributed by atoms with Crippen molar-refractivity contribution in [2.75, 3.05) is 21.3 Å². The Kier molecular flexibility index (Phi) is 4.09. The van der Waals surface area contributed by atoms with E-state index < -0.39 is 5.97 Å². The second-order valence-corrected chi connectivity index (χ2v) is 3.30. The van der Waals surface area contributed by atoms with Gasteiger partial charge in [-0.25, -0.2) is 4.79 Å². The monoisotopic (exact) mass is 238 g/mol. The van der Waals surface area contributed by atoms with Gasteiger partial charge in [-0.3, -0.25) is 4.79 Å². The molecule has 0 aliphatic carbocycles. The molecule has 0 N–H and O–H groups in total. The molecule has 17 heavy (non-hydrogen) atoms. The number of rotatable bonds is 4. The summed E-state index contributed by atoms with van der Waals surface area (Å²) in [6.07, 6.45) is 0. The topological polar surface area (TPSA) is 61.8 Å². The molecule has 1 rings (SSSR count). The van der Waals surface area contributed by atoms with Gasteiger partial charge in [0.15, 0.2) is 17.3 Å². The molecule has 0 heterocycles. The van der Waals surface area contributed by atoms with E-state index in [-0.39, 0.29) is 16.9 Å². The smallest absolute Gasteiger partial charge is 0.338 e. The first kappa shape index (κ1) is 13.0. The van der Waals surface area contributed by atoms with E-state index in [1.54, 1.807) is 0 Å². The molecule has 0 aliphatic heterocycles. The summed E-state index contributed by atoms with van der Waals surface area (Å²) in [6, 6.07) is 2.90. The fourth-order valence-corrected chi connectivity index (χ4v) is 1.45. The first-order chi connectivity index (χ1) is 8.04. The zero-order valence-electron chi connectivity index (χ0n) is 10.2. The van der Waals surface area contributed by atoms with Crippen molar-refractivity contribution in [3.63, 3.8) is 0 Å². The van der Waals surface area contributed by atoms with Crippen LogP contribution in [0.25, 0.3) is 0 Å². The molecular formula is C12H14O5. The van der Waals surface area contributed by atoms with Gasteiger partial charge in [-0.05, 0) is 19.1 Å². The molecule has 0 radical (unpaired) electrons. The zero-order chi connectivity index (χ0) is 13.0. The van der Waals surface area contributed by atoms with Crippen molar-refractivity contribution in [3.8, 4) is 11.5 Å². The summed E-state index contributed by atoms with van der Waals surface area (Å²) in [5, 5.41) is 0. The van der Waals surface area contributed by atoms with Gasteiger partial charge < -0.3 is 14.2 Å². The summed E-state index contributed by atoms with van der Waals surface area (Å²) in [7, 11) is 4.16. The summed E-state index contributed by atoms with van der Waals surface area (Å²) < 4.78 is 14.7. The Morgan fingerprint density at radius 2 is 1.41 bits per heavy atom. The third-order valence-electron chi connectivity index (χ3n) is 2.31. The molecule has 0 unspecified atom stereocenters. The molecule has 5 heteroatoms. The van der Waals surface area contributed by atoms with E-state index in [0.717, 1.165) is 0 Å². The first-order valence-electron chi connectivity index (χ1n) is 4.90. The number of esters is 1. The summed E-state index contributed by atoms with van der Waals surface area (Å²) >= 11 is 0. The molecule has 0 amide bonds. The van der Waals surface area contributed by atoms with E-state index in [0.29, 0.717) is 11.5 Å². The predicted octanol–water partition coefficient (Wildman–Crippen LogP) is 1.69. The molecule has 0 aliphatic rings. The Morgan fingerprint density at radius 3 is 1.76 bits per heavy atom. The van der Waals surface area contributed by atoms with Gasteiger partial charge in [0.2, 0.25) is 0 Å². The normalized spacial score (nSPS) is 9.65. The Labute approximate surface area is 99.3 Å². The molecule has 0 aromatic heterocycles. The minimum Gasteiger partial charge on any atom is -0.493 e. The van der Waals surface area contributed by atoms with Crippen LogP contribution in [0.2, 0.25) is 0 Å². The van der Waals surface area contributed by atoms with Crippen LogP contribution in [-0.4, -0.2) is 33.1 Å². The van der Waals surface area contributed by atoms with Crippen LogP contribution in [0.5, 0.6) is 11.5 Å². The molecule has 0 saturated heterocycles. The summed E-state index contributed by atoms with van der Waals surface area (Å²) in [4.78, 5) is 23.0. The Balaban J connectivity index is 3.45. The van der Waals surface area contributed by atoms with Crippen LogP contribution in [0, 0.1) is 0 Å². The maximum Gasteiger partial charge on any atom is 0.338 e. The largest absolute Gasteiger partial charge is 0.493 e. The number of ketones is 1. The van der Waals surface area contributed by atoms with Crippen molar-refractivity contribution in [2.45, 2.75) is 6.92 Å². The second-order valence-electron chi connectivity index (χ2n) is 3.30. The van der Waals surface area contributed by atoms with E-state index in [1.165, 1.54) is 40.4 Å². The minimum absolute atomic E-state index is 0.164. The number of Topliss-reactive ketones (excluding diaryl/α,β-unsaturated/α-hetero) is 1. The number of hydrogen-bond donors (Lipinski definition) is 0. The fourth-order valence-electron chi connectivity index (χ4n) is 1.45. The Morgan fingerprint density at radius 1 is 0.941 bits per heavy atom. The van der Waals surface area contributed by atoms with Crippen molar-refractivity contribution >= 4 is 11.8 Å². The fraction of sp³-hybridized carbons (Fsp3) is 0.333. The van der Waals surface area contributed by atoms with Crippen LogP contribution in [0.15, 0.2) is 12.1 Å². The summed E-state index contributed by atoms with van der Waals surface area (Å²) in [5.74, 6) is -0.0641. The highest BCUT2D eigenvalue weighted by atomic mass is 16.5. The molecule has 1 aromatic rings. The van der Waals surface area contributed by atoms with Crippen molar-refractivity contribution in [1.82, 2.24) is 0 Å². The summed E-state index contributed by atoms with van der Waals surface area (Å²) in [5.41, 5.74) is 0.409. The van der Waals surface area contributed by atoms with E-state index in [4.69, 9.17) is 9.47 Å². The molecule has 1 aromatic carbocycles. The summed E-state index contributed by atoms with van der Waals surface area (Å²) in [6.45, 7) is 1.37. The molecule has 5 nitrogen and oxygen atoms in total. The average molecular weight is 238 g/mol. The van der Waals surface area contributed by atoms with Crippen molar-refractivity contribution in [1.29, 1.82) is 0 Å². The molecule has 0 bridgehead atoms. The number of hydrogen-bond acceptors (Lipinski definition) is 5. The van der Waals surface area contributed by atoms with Crippen LogP contribution < -0.4 is 9.47 Å². The van der Waals surface area contributed by atoms with Crippen LogP contribution in [0.1, 0.15) is 27.6 Å². The maximum atomic E-state index is 11.5. The third kappa shape index (κ3) is 2.55. The van der Waals surface area contributed by atoms with Crippen molar-refractivity contribution in [3.05, 3.63) is 23.3 Å². The lowest BCUT2D eigenvalue weighted by Gasteiger charge is -2.12. The van der Waals surface area contributed by atoms with Gasteiger partial charge in [0.05, 0.1) is 26.9 Å². The average Bonchev–Trinajstić information content (AvgIpc) is 2.35. The highest BCUT2D eigenvalue weighted by molar-refractivity contribution is 6.06. The van der Waals surface area contributed by atoms with Gasteiger partial charge in [-0.15, -0.1) is 0 Å². The van der Waals surface area contributed by atoms with Gasteiger partial charge in [-0.1, -0.05) is 0 Å². The molecule has 0 fully saturated rings. The lowest BCUT2D eigenvalue weighted by molar-refractivity contribution is 0.0596. The van der Waals surface area contributed by atoms with Crippen LogP contribution >= 0.6 is 0 Å². The molecular weight excluding hydrogens is 224 g/mol. The van der Waals surface area contributed by atoms with Gasteiger partial charge >= 0.3 is 5.97 Å². The molecule has 0 atom stereocenters. The van der Waals surface area contributed by atoms with E-state index in [9.17, 15) is 9.59 Å². The van der Waals surface area contributed by atoms with Crippen LogP contribution in [0.3, 0.4) is 0 Å². The predicted molar refractivity (Wildman–Crippen MR) is 60.9 cm³/mol. The van der Waals surface area contributed by atoms with E-state index in [1.807, 2.05) is 0 Å². The highest BCUT2D eigenvalue weighted by Crippen LogP contribution is 2.31. The molecule has 0 spiro atoms.